The Kier molecular flexibility index (Phi) is 3.86. The highest BCUT2D eigenvalue weighted by atomic mass is 16.3. The summed E-state index contributed by atoms with van der Waals surface area (Å²) in [5, 5.41) is 10.6. The minimum Gasteiger partial charge on any atom is -0.392 e. The SMILES string of the molecule is CN(C)[C@@]12CC[C@H](O)C1C(=O)C(c1ccccc1)=C2c1ccccc1. The number of nitrogens with zero attached hydrogens (tertiary/aromatic N) is 1. The van der Waals surface area contributed by atoms with Gasteiger partial charge in [0, 0.05) is 5.57 Å². The number of carbonyl (C=O) groups is 1. The summed E-state index contributed by atoms with van der Waals surface area (Å²) in [6, 6.07) is 20.0. The second-order valence-corrected chi connectivity index (χ2v) is 7.25. The fraction of sp³-hybridized carbons (Fsp3) is 0.318. The molecule has 2 aromatic carbocycles. The molecule has 1 unspecified atom stereocenters. The van der Waals surface area contributed by atoms with E-state index in [4.69, 9.17) is 0 Å². The number of allylic oxidation sites excluding steroid dienone is 1. The summed E-state index contributed by atoms with van der Waals surface area (Å²) in [5.41, 5.74) is 3.40. The molecule has 0 aliphatic heterocycles. The molecule has 0 bridgehead atoms. The van der Waals surface area contributed by atoms with Crippen LogP contribution in [-0.2, 0) is 4.79 Å². The third-order valence-electron chi connectivity index (χ3n) is 5.86. The van der Waals surface area contributed by atoms with Gasteiger partial charge in [-0.15, -0.1) is 0 Å². The lowest BCUT2D eigenvalue weighted by atomic mass is 9.80. The highest BCUT2D eigenvalue weighted by Crippen LogP contribution is 2.57. The maximum atomic E-state index is 13.4. The van der Waals surface area contributed by atoms with Crippen molar-refractivity contribution in [2.45, 2.75) is 24.5 Å². The predicted molar refractivity (Wildman–Crippen MR) is 99.9 cm³/mol. The molecule has 0 saturated heterocycles. The largest absolute Gasteiger partial charge is 0.392 e. The number of rotatable bonds is 3. The molecule has 1 saturated carbocycles. The van der Waals surface area contributed by atoms with Gasteiger partial charge in [0.05, 0.1) is 17.6 Å². The van der Waals surface area contributed by atoms with Gasteiger partial charge in [-0.1, -0.05) is 60.7 Å². The van der Waals surface area contributed by atoms with Crippen molar-refractivity contribution in [3.8, 4) is 0 Å². The van der Waals surface area contributed by atoms with Crippen LogP contribution in [0.25, 0.3) is 11.1 Å². The van der Waals surface area contributed by atoms with Crippen molar-refractivity contribution >= 4 is 16.9 Å². The molecule has 0 aromatic heterocycles. The molecule has 3 heteroatoms. The van der Waals surface area contributed by atoms with Crippen molar-refractivity contribution in [3.63, 3.8) is 0 Å². The lowest BCUT2D eigenvalue weighted by molar-refractivity contribution is -0.121. The van der Waals surface area contributed by atoms with E-state index in [0.29, 0.717) is 6.42 Å². The summed E-state index contributed by atoms with van der Waals surface area (Å²) >= 11 is 0. The summed E-state index contributed by atoms with van der Waals surface area (Å²) in [4.78, 5) is 15.6. The van der Waals surface area contributed by atoms with E-state index in [1.165, 1.54) is 0 Å². The summed E-state index contributed by atoms with van der Waals surface area (Å²) in [7, 11) is 4.05. The van der Waals surface area contributed by atoms with Gasteiger partial charge in [0.2, 0.25) is 0 Å². The third kappa shape index (κ3) is 2.23. The number of aliphatic hydroxyl groups excluding tert-OH is 1. The first kappa shape index (κ1) is 16.2. The van der Waals surface area contributed by atoms with Crippen LogP contribution in [0.1, 0.15) is 24.0 Å². The Hall–Kier alpha value is -2.23. The molecule has 0 radical (unpaired) electrons. The average molecular weight is 333 g/mol. The summed E-state index contributed by atoms with van der Waals surface area (Å²) in [5.74, 6) is -0.323. The van der Waals surface area contributed by atoms with E-state index in [1.807, 2.05) is 62.6 Å². The number of carbonyl (C=O) groups excluding carboxylic acids is 1. The Morgan fingerprint density at radius 2 is 1.52 bits per heavy atom. The van der Waals surface area contributed by atoms with Gasteiger partial charge in [-0.3, -0.25) is 9.69 Å². The number of hydrogen-bond acceptors (Lipinski definition) is 3. The lowest BCUT2D eigenvalue weighted by Gasteiger charge is -2.39. The summed E-state index contributed by atoms with van der Waals surface area (Å²) < 4.78 is 0. The number of fused-ring (bicyclic) bond motifs is 1. The minimum absolute atomic E-state index is 0.0729. The fourth-order valence-corrected chi connectivity index (χ4v) is 4.79. The molecule has 2 aromatic rings. The first-order valence-electron chi connectivity index (χ1n) is 8.82. The molecule has 2 aliphatic carbocycles. The Morgan fingerprint density at radius 1 is 0.960 bits per heavy atom. The second-order valence-electron chi connectivity index (χ2n) is 7.25. The highest BCUT2D eigenvalue weighted by Gasteiger charge is 2.61. The van der Waals surface area contributed by atoms with E-state index < -0.39 is 17.6 Å². The van der Waals surface area contributed by atoms with Crippen LogP contribution in [0.5, 0.6) is 0 Å². The third-order valence-corrected chi connectivity index (χ3v) is 5.86. The van der Waals surface area contributed by atoms with E-state index in [9.17, 15) is 9.90 Å². The zero-order chi connectivity index (χ0) is 17.6. The van der Waals surface area contributed by atoms with E-state index in [2.05, 4.69) is 17.0 Å². The number of hydrogen-bond donors (Lipinski definition) is 1. The van der Waals surface area contributed by atoms with Crippen LogP contribution in [0, 0.1) is 5.92 Å². The Labute approximate surface area is 148 Å². The van der Waals surface area contributed by atoms with Crippen molar-refractivity contribution in [3.05, 3.63) is 71.8 Å². The molecule has 0 heterocycles. The molecular weight excluding hydrogens is 310 g/mol. The van der Waals surface area contributed by atoms with Crippen LogP contribution in [0.15, 0.2) is 60.7 Å². The number of aliphatic hydroxyl groups is 1. The second kappa shape index (κ2) is 5.94. The fourth-order valence-electron chi connectivity index (χ4n) is 4.79. The maximum Gasteiger partial charge on any atom is 0.171 e. The maximum absolute atomic E-state index is 13.4. The van der Waals surface area contributed by atoms with E-state index >= 15 is 0 Å². The van der Waals surface area contributed by atoms with Crippen molar-refractivity contribution < 1.29 is 9.90 Å². The van der Waals surface area contributed by atoms with Crippen LogP contribution in [0.4, 0.5) is 0 Å². The minimum atomic E-state index is -0.588. The van der Waals surface area contributed by atoms with Gasteiger partial charge in [-0.25, -0.2) is 0 Å². The first-order valence-corrected chi connectivity index (χ1v) is 8.82. The summed E-state index contributed by atoms with van der Waals surface area (Å²) in [6.45, 7) is 0. The number of benzene rings is 2. The molecule has 25 heavy (non-hydrogen) atoms. The van der Waals surface area contributed by atoms with Gasteiger partial charge in [0.15, 0.2) is 5.78 Å². The predicted octanol–water partition coefficient (Wildman–Crippen LogP) is 3.25. The molecular formula is C22H23NO2. The van der Waals surface area contributed by atoms with Crippen LogP contribution in [0.2, 0.25) is 0 Å². The van der Waals surface area contributed by atoms with Crippen molar-refractivity contribution in [2.75, 3.05) is 14.1 Å². The lowest BCUT2D eigenvalue weighted by Crippen LogP contribution is -2.49. The average Bonchev–Trinajstić information content (AvgIpc) is 3.11. The number of Topliss-reactive ketones (excluding diaryl/α,β-unsaturated/α-hetero) is 1. The molecule has 3 nitrogen and oxygen atoms in total. The van der Waals surface area contributed by atoms with Crippen molar-refractivity contribution in [1.82, 2.24) is 4.90 Å². The van der Waals surface area contributed by atoms with Gasteiger partial charge >= 0.3 is 0 Å². The standard InChI is InChI=1S/C22H23NO2/c1-23(2)22-14-13-17(24)20(22)21(25)18(15-9-5-3-6-10-15)19(22)16-11-7-4-8-12-16/h3-12,17,20,24H,13-14H2,1-2H3/t17-,20?,22+/m0/s1. The van der Waals surface area contributed by atoms with Gasteiger partial charge in [-0.05, 0) is 43.6 Å². The molecule has 2 aliphatic rings. The highest BCUT2D eigenvalue weighted by molar-refractivity contribution is 6.34. The zero-order valence-corrected chi connectivity index (χ0v) is 14.6. The van der Waals surface area contributed by atoms with Gasteiger partial charge < -0.3 is 5.11 Å². The van der Waals surface area contributed by atoms with Gasteiger partial charge in [0.25, 0.3) is 0 Å². The molecule has 128 valence electrons. The monoisotopic (exact) mass is 333 g/mol. The van der Waals surface area contributed by atoms with Crippen LogP contribution >= 0.6 is 0 Å². The van der Waals surface area contributed by atoms with Crippen LogP contribution in [-0.4, -0.2) is 41.5 Å². The van der Waals surface area contributed by atoms with E-state index in [-0.39, 0.29) is 5.78 Å². The molecule has 3 atom stereocenters. The van der Waals surface area contributed by atoms with Crippen molar-refractivity contribution in [1.29, 1.82) is 0 Å². The van der Waals surface area contributed by atoms with Crippen molar-refractivity contribution in [2.24, 2.45) is 5.92 Å². The van der Waals surface area contributed by atoms with Gasteiger partial charge in [-0.2, -0.15) is 0 Å². The molecule has 1 N–H and O–H groups in total. The molecule has 1 fully saturated rings. The number of ketones is 1. The topological polar surface area (TPSA) is 40.5 Å². The molecule has 0 spiro atoms. The number of likely N-dealkylation sites (N-methyl/N-ethyl adjacent to an activating group) is 1. The van der Waals surface area contributed by atoms with E-state index in [0.717, 1.165) is 28.7 Å². The zero-order valence-electron chi connectivity index (χ0n) is 14.6. The quantitative estimate of drug-likeness (QED) is 0.937. The Bertz CT molecular complexity index is 826. The Morgan fingerprint density at radius 3 is 2.08 bits per heavy atom. The smallest absolute Gasteiger partial charge is 0.171 e. The normalized spacial score (nSPS) is 28.7. The molecule has 0 amide bonds. The van der Waals surface area contributed by atoms with Gasteiger partial charge in [0.1, 0.15) is 0 Å². The summed E-state index contributed by atoms with van der Waals surface area (Å²) in [6.07, 6.45) is 0.861. The Balaban J connectivity index is 2.05. The van der Waals surface area contributed by atoms with Crippen LogP contribution < -0.4 is 0 Å². The molecule has 4 rings (SSSR count). The first-order chi connectivity index (χ1) is 12.1. The van der Waals surface area contributed by atoms with Crippen LogP contribution in [0.3, 0.4) is 0 Å². The van der Waals surface area contributed by atoms with E-state index in [1.54, 1.807) is 0 Å².